The highest BCUT2D eigenvalue weighted by atomic mass is 32.2. The summed E-state index contributed by atoms with van der Waals surface area (Å²) in [4.78, 5) is 23.4. The molecule has 9 nitrogen and oxygen atoms in total. The Morgan fingerprint density at radius 2 is 1.54 bits per heavy atom. The smallest absolute Gasteiger partial charge is 0.478 e. The molecule has 0 spiro atoms. The first-order valence-corrected chi connectivity index (χ1v) is 11.2. The number of carbonyl (C=O) groups is 2. The van der Waals surface area contributed by atoms with E-state index in [2.05, 4.69) is 9.62 Å². The molecule has 1 saturated heterocycles. The quantitative estimate of drug-likeness (QED) is 0.509. The number of benzene rings is 2. The zero-order chi connectivity index (χ0) is 26.6. The summed E-state index contributed by atoms with van der Waals surface area (Å²) in [5, 5.41) is 16.4. The molecule has 1 fully saturated rings. The van der Waals surface area contributed by atoms with Crippen LogP contribution in [-0.2, 0) is 14.8 Å². The zero-order valence-electron chi connectivity index (χ0n) is 18.0. The van der Waals surface area contributed by atoms with E-state index in [4.69, 9.17) is 9.90 Å². The highest BCUT2D eigenvalue weighted by molar-refractivity contribution is 7.92. The summed E-state index contributed by atoms with van der Waals surface area (Å²) in [6.45, 7) is 2.69. The number of nitrogens with one attached hydrogen (secondary N) is 1. The molecular formula is C20H20F5N3O6S. The van der Waals surface area contributed by atoms with E-state index in [0.29, 0.717) is 24.8 Å². The van der Waals surface area contributed by atoms with Crippen LogP contribution in [0.4, 0.5) is 33.3 Å². The number of aromatic carboxylic acids is 1. The zero-order valence-corrected chi connectivity index (χ0v) is 18.8. The Bertz CT molecular complexity index is 1200. The summed E-state index contributed by atoms with van der Waals surface area (Å²) >= 11 is 0. The van der Waals surface area contributed by atoms with Gasteiger partial charge >= 0.3 is 18.1 Å². The third kappa shape index (κ3) is 7.51. The van der Waals surface area contributed by atoms with Crippen molar-refractivity contribution >= 4 is 33.3 Å². The van der Waals surface area contributed by atoms with Gasteiger partial charge in [-0.1, -0.05) is 0 Å². The number of halogens is 5. The van der Waals surface area contributed by atoms with Crippen molar-refractivity contribution in [3.63, 3.8) is 0 Å². The van der Waals surface area contributed by atoms with Crippen LogP contribution in [0.15, 0.2) is 41.3 Å². The van der Waals surface area contributed by atoms with E-state index in [1.165, 1.54) is 18.2 Å². The number of piperazine rings is 1. The predicted molar refractivity (Wildman–Crippen MR) is 114 cm³/mol. The first-order valence-electron chi connectivity index (χ1n) is 9.70. The summed E-state index contributed by atoms with van der Waals surface area (Å²) in [5.74, 6) is -6.00. The van der Waals surface area contributed by atoms with Crippen LogP contribution in [0.5, 0.6) is 0 Å². The molecule has 0 atom stereocenters. The predicted octanol–water partition coefficient (Wildman–Crippen LogP) is 2.85. The monoisotopic (exact) mass is 525 g/mol. The Labute approximate surface area is 196 Å². The van der Waals surface area contributed by atoms with Crippen molar-refractivity contribution in [3.05, 3.63) is 53.6 Å². The lowest BCUT2D eigenvalue weighted by Gasteiger charge is -2.35. The van der Waals surface area contributed by atoms with Crippen molar-refractivity contribution in [2.75, 3.05) is 42.8 Å². The molecule has 2 aromatic rings. The summed E-state index contributed by atoms with van der Waals surface area (Å²) in [7, 11) is -2.52. The number of nitrogens with zero attached hydrogens (tertiary/aromatic N) is 2. The highest BCUT2D eigenvalue weighted by Crippen LogP contribution is 2.31. The van der Waals surface area contributed by atoms with Crippen molar-refractivity contribution in [3.8, 4) is 0 Å². The van der Waals surface area contributed by atoms with Crippen LogP contribution in [0, 0.1) is 11.6 Å². The molecule has 0 bridgehead atoms. The maximum atomic E-state index is 14.0. The fourth-order valence-electron chi connectivity index (χ4n) is 2.96. The molecule has 3 rings (SSSR count). The number of carboxylic acids is 2. The molecule has 0 saturated carbocycles. The van der Waals surface area contributed by atoms with E-state index in [9.17, 15) is 40.3 Å². The molecule has 2 aromatic carbocycles. The second-order valence-corrected chi connectivity index (χ2v) is 8.96. The first kappa shape index (κ1) is 27.8. The van der Waals surface area contributed by atoms with Gasteiger partial charge in [0.25, 0.3) is 10.0 Å². The Morgan fingerprint density at radius 1 is 0.971 bits per heavy atom. The van der Waals surface area contributed by atoms with Gasteiger partial charge in [-0.3, -0.25) is 4.72 Å². The van der Waals surface area contributed by atoms with E-state index in [1.54, 1.807) is 0 Å². The molecular weight excluding hydrogens is 505 g/mol. The molecule has 1 aliphatic heterocycles. The molecule has 0 unspecified atom stereocenters. The van der Waals surface area contributed by atoms with Gasteiger partial charge in [0.2, 0.25) is 0 Å². The SMILES string of the molecule is CN1CCN(c2ccc(C(=O)O)cc2NS(=O)(=O)c2cc(F)ccc2F)CC1.O=C(O)C(F)(F)F. The van der Waals surface area contributed by atoms with Gasteiger partial charge in [0.15, 0.2) is 0 Å². The van der Waals surface area contributed by atoms with Crippen LogP contribution in [0.1, 0.15) is 10.4 Å². The van der Waals surface area contributed by atoms with Gasteiger partial charge < -0.3 is 20.0 Å². The van der Waals surface area contributed by atoms with Crippen LogP contribution in [0.25, 0.3) is 0 Å². The third-order valence-corrected chi connectivity index (χ3v) is 6.14. The highest BCUT2D eigenvalue weighted by Gasteiger charge is 2.38. The molecule has 35 heavy (non-hydrogen) atoms. The number of carboxylic acid groups (broad SMARTS) is 2. The lowest BCUT2D eigenvalue weighted by Crippen LogP contribution is -2.44. The number of hydrogen-bond donors (Lipinski definition) is 3. The molecule has 0 amide bonds. The molecule has 1 aliphatic rings. The maximum Gasteiger partial charge on any atom is 0.490 e. The normalized spacial score (nSPS) is 14.6. The number of hydrogen-bond acceptors (Lipinski definition) is 6. The van der Waals surface area contributed by atoms with Crippen molar-refractivity contribution in [2.24, 2.45) is 0 Å². The number of sulfonamides is 1. The van der Waals surface area contributed by atoms with Crippen molar-refractivity contribution in [2.45, 2.75) is 11.1 Å². The van der Waals surface area contributed by atoms with Crippen LogP contribution in [0.3, 0.4) is 0 Å². The average Bonchev–Trinajstić information content (AvgIpc) is 2.75. The molecule has 192 valence electrons. The second-order valence-electron chi connectivity index (χ2n) is 7.31. The largest absolute Gasteiger partial charge is 0.490 e. The summed E-state index contributed by atoms with van der Waals surface area (Å²) in [5.41, 5.74) is 0.335. The molecule has 0 aliphatic carbocycles. The lowest BCUT2D eigenvalue weighted by molar-refractivity contribution is -0.192. The standard InChI is InChI=1S/C18H19F2N3O4S.C2HF3O2/c1-22-6-8-23(9-7-22)16-5-2-12(18(24)25)10-15(16)21-28(26,27)17-11-13(19)3-4-14(17)20;3-2(4,5)1(6)7/h2-5,10-11,21H,6-9H2,1H3,(H,24,25);(H,6,7). The van der Waals surface area contributed by atoms with Crippen LogP contribution < -0.4 is 9.62 Å². The number of aliphatic carboxylic acids is 1. The van der Waals surface area contributed by atoms with Crippen molar-refractivity contribution < 1.29 is 50.2 Å². The number of likely N-dealkylation sites (N-methyl/N-ethyl adjacent to an activating group) is 1. The van der Waals surface area contributed by atoms with E-state index >= 15 is 0 Å². The third-order valence-electron chi connectivity index (χ3n) is 4.76. The molecule has 1 heterocycles. The summed E-state index contributed by atoms with van der Waals surface area (Å²) in [6.07, 6.45) is -5.08. The number of rotatable bonds is 5. The maximum absolute atomic E-state index is 14.0. The van der Waals surface area contributed by atoms with Gasteiger partial charge in [-0.2, -0.15) is 13.2 Å². The Balaban J connectivity index is 0.000000540. The topological polar surface area (TPSA) is 127 Å². The lowest BCUT2D eigenvalue weighted by atomic mass is 10.1. The fraction of sp³-hybridized carbons (Fsp3) is 0.300. The summed E-state index contributed by atoms with van der Waals surface area (Å²) in [6, 6.07) is 6.16. The minimum atomic E-state index is -5.08. The molecule has 3 N–H and O–H groups in total. The van der Waals surface area contributed by atoms with Crippen LogP contribution >= 0.6 is 0 Å². The second kappa shape index (κ2) is 10.9. The Kier molecular flexibility index (Phi) is 8.62. The van der Waals surface area contributed by atoms with E-state index in [1.807, 2.05) is 11.9 Å². The van der Waals surface area contributed by atoms with E-state index in [0.717, 1.165) is 25.2 Å². The minimum absolute atomic E-state index is 0.00638. The van der Waals surface area contributed by atoms with E-state index in [-0.39, 0.29) is 11.3 Å². The minimum Gasteiger partial charge on any atom is -0.478 e. The van der Waals surface area contributed by atoms with Crippen LogP contribution in [-0.4, -0.2) is 74.9 Å². The summed E-state index contributed by atoms with van der Waals surface area (Å²) < 4.78 is 86.7. The van der Waals surface area contributed by atoms with Gasteiger partial charge in [0, 0.05) is 26.2 Å². The number of alkyl halides is 3. The van der Waals surface area contributed by atoms with Crippen molar-refractivity contribution in [1.29, 1.82) is 0 Å². The van der Waals surface area contributed by atoms with Gasteiger partial charge in [-0.25, -0.2) is 26.8 Å². The molecule has 0 radical (unpaired) electrons. The van der Waals surface area contributed by atoms with Crippen molar-refractivity contribution in [1.82, 2.24) is 4.90 Å². The van der Waals surface area contributed by atoms with E-state index < -0.39 is 44.7 Å². The van der Waals surface area contributed by atoms with Crippen LogP contribution in [0.2, 0.25) is 0 Å². The molecule has 0 aromatic heterocycles. The van der Waals surface area contributed by atoms with Gasteiger partial charge in [-0.05, 0) is 43.4 Å². The molecule has 15 heteroatoms. The Hall–Kier alpha value is -3.46. The average molecular weight is 525 g/mol. The van der Waals surface area contributed by atoms with Gasteiger partial charge in [0.05, 0.1) is 16.9 Å². The Morgan fingerprint density at radius 3 is 2.06 bits per heavy atom. The van der Waals surface area contributed by atoms with Gasteiger partial charge in [0.1, 0.15) is 16.5 Å². The fourth-order valence-corrected chi connectivity index (χ4v) is 4.11. The number of anilines is 2. The van der Waals surface area contributed by atoms with Gasteiger partial charge in [-0.15, -0.1) is 0 Å². The first-order chi connectivity index (χ1) is 16.1.